The number of carbonyl (C=O) groups is 1. The van der Waals surface area contributed by atoms with E-state index in [1.54, 1.807) is 42.3 Å². The summed E-state index contributed by atoms with van der Waals surface area (Å²) in [6, 6.07) is 7.55. The molecule has 0 atom stereocenters. The molecule has 9 heteroatoms. The Kier molecular flexibility index (Phi) is 4.80. The molecule has 3 rings (SSSR count). The van der Waals surface area contributed by atoms with Gasteiger partial charge in [0, 0.05) is 42.6 Å². The van der Waals surface area contributed by atoms with Crippen LogP contribution in [0.4, 0.5) is 5.69 Å². The van der Waals surface area contributed by atoms with E-state index in [0.717, 1.165) is 6.26 Å². The number of nitrogens with one attached hydrogen (secondary N) is 1. The average molecular weight is 391 g/mol. The van der Waals surface area contributed by atoms with Crippen molar-refractivity contribution in [2.45, 2.75) is 4.90 Å². The minimum atomic E-state index is -3.44. The third-order valence-corrected chi connectivity index (χ3v) is 4.93. The highest BCUT2D eigenvalue weighted by Gasteiger charge is 2.15. The van der Waals surface area contributed by atoms with Crippen molar-refractivity contribution in [3.63, 3.8) is 0 Å². The number of nitrogens with zero attached hydrogens (tertiary/aromatic N) is 3. The molecule has 0 saturated carbocycles. The van der Waals surface area contributed by atoms with Gasteiger partial charge in [0.05, 0.1) is 16.2 Å². The normalized spacial score (nSPS) is 11.3. The van der Waals surface area contributed by atoms with Gasteiger partial charge in [-0.25, -0.2) is 18.4 Å². The molecular weight excluding hydrogens is 376 g/mol. The van der Waals surface area contributed by atoms with E-state index in [1.165, 1.54) is 18.2 Å². The van der Waals surface area contributed by atoms with Crippen molar-refractivity contribution in [2.75, 3.05) is 11.6 Å². The number of anilines is 1. The average Bonchev–Trinajstić information content (AvgIpc) is 2.96. The summed E-state index contributed by atoms with van der Waals surface area (Å²) in [5.41, 5.74) is 1.36. The van der Waals surface area contributed by atoms with Crippen molar-refractivity contribution in [2.24, 2.45) is 7.05 Å². The Labute approximate surface area is 155 Å². The molecular formula is C17H15ClN4O3S. The molecule has 0 saturated heterocycles. The fourth-order valence-corrected chi connectivity index (χ4v) is 3.38. The first-order valence-corrected chi connectivity index (χ1v) is 9.77. The summed E-state index contributed by atoms with van der Waals surface area (Å²) in [6.45, 7) is 0. The number of aromatic nitrogens is 3. The number of hydrogen-bond donors (Lipinski definition) is 1. The van der Waals surface area contributed by atoms with Gasteiger partial charge in [-0.15, -0.1) is 0 Å². The maximum absolute atomic E-state index is 12.5. The van der Waals surface area contributed by atoms with Gasteiger partial charge in [-0.05, 0) is 30.3 Å². The zero-order valence-corrected chi connectivity index (χ0v) is 15.5. The second-order valence-corrected chi connectivity index (χ2v) is 8.15. The van der Waals surface area contributed by atoms with Gasteiger partial charge < -0.3 is 9.88 Å². The predicted molar refractivity (Wildman–Crippen MR) is 99.0 cm³/mol. The van der Waals surface area contributed by atoms with E-state index in [1.807, 2.05) is 0 Å². The van der Waals surface area contributed by atoms with E-state index in [4.69, 9.17) is 11.6 Å². The highest BCUT2D eigenvalue weighted by atomic mass is 35.5. The quantitative estimate of drug-likeness (QED) is 0.739. The number of benzene rings is 1. The summed E-state index contributed by atoms with van der Waals surface area (Å²) in [5.74, 6) is 0.0978. The third kappa shape index (κ3) is 3.92. The highest BCUT2D eigenvalue weighted by molar-refractivity contribution is 7.90. The van der Waals surface area contributed by atoms with Crippen LogP contribution in [-0.4, -0.2) is 35.1 Å². The van der Waals surface area contributed by atoms with E-state index >= 15 is 0 Å². The topological polar surface area (TPSA) is 94.0 Å². The van der Waals surface area contributed by atoms with Crippen molar-refractivity contribution in [1.29, 1.82) is 0 Å². The van der Waals surface area contributed by atoms with Crippen LogP contribution in [0.25, 0.3) is 11.5 Å². The standard InChI is InChI=1S/C17H15ClN4O3S/c1-22-10-11(6-15(22)16-19-4-3-5-20-16)17(23)21-13-7-12(18)8-14(9-13)26(2,24)25/h3-10H,1-2H3,(H,21,23). The fraction of sp³-hybridized carbons (Fsp3) is 0.118. The molecule has 1 amide bonds. The SMILES string of the molecule is Cn1cc(C(=O)Nc2cc(Cl)cc(S(C)(=O)=O)c2)cc1-c1ncccn1. The lowest BCUT2D eigenvalue weighted by Gasteiger charge is -2.07. The molecule has 0 unspecified atom stereocenters. The predicted octanol–water partition coefficient (Wildman–Crippen LogP) is 2.79. The number of hydrogen-bond acceptors (Lipinski definition) is 5. The zero-order valence-electron chi connectivity index (χ0n) is 14.0. The molecule has 0 aliphatic heterocycles. The lowest BCUT2D eigenvalue weighted by molar-refractivity contribution is 0.102. The van der Waals surface area contributed by atoms with Crippen LogP contribution in [0.1, 0.15) is 10.4 Å². The molecule has 0 fully saturated rings. The summed E-state index contributed by atoms with van der Waals surface area (Å²) in [4.78, 5) is 20.9. The van der Waals surface area contributed by atoms with E-state index in [0.29, 0.717) is 22.8 Å². The van der Waals surface area contributed by atoms with Gasteiger partial charge in [0.15, 0.2) is 15.7 Å². The van der Waals surface area contributed by atoms with Gasteiger partial charge in [0.1, 0.15) is 0 Å². The van der Waals surface area contributed by atoms with Crippen LogP contribution in [-0.2, 0) is 16.9 Å². The Bertz CT molecular complexity index is 1080. The van der Waals surface area contributed by atoms with Crippen molar-refractivity contribution < 1.29 is 13.2 Å². The Morgan fingerprint density at radius 3 is 2.50 bits per heavy atom. The van der Waals surface area contributed by atoms with Crippen LogP contribution < -0.4 is 5.32 Å². The highest BCUT2D eigenvalue weighted by Crippen LogP contribution is 2.24. The summed E-state index contributed by atoms with van der Waals surface area (Å²) >= 11 is 5.96. The Morgan fingerprint density at radius 2 is 1.85 bits per heavy atom. The number of carbonyl (C=O) groups excluding carboxylic acids is 1. The van der Waals surface area contributed by atoms with Crippen LogP contribution in [0.2, 0.25) is 5.02 Å². The van der Waals surface area contributed by atoms with E-state index in [9.17, 15) is 13.2 Å². The van der Waals surface area contributed by atoms with Crippen LogP contribution in [0, 0.1) is 0 Å². The van der Waals surface area contributed by atoms with Crippen LogP contribution in [0.15, 0.2) is 53.8 Å². The van der Waals surface area contributed by atoms with Gasteiger partial charge in [0.2, 0.25) is 0 Å². The molecule has 2 heterocycles. The molecule has 0 aliphatic rings. The molecule has 26 heavy (non-hydrogen) atoms. The van der Waals surface area contributed by atoms with Crippen molar-refractivity contribution in [3.8, 4) is 11.5 Å². The van der Waals surface area contributed by atoms with Crippen LogP contribution in [0.5, 0.6) is 0 Å². The van der Waals surface area contributed by atoms with Crippen LogP contribution in [0.3, 0.4) is 0 Å². The molecule has 3 aromatic rings. The molecule has 0 aliphatic carbocycles. The second kappa shape index (κ2) is 6.89. The lowest BCUT2D eigenvalue weighted by atomic mass is 10.2. The summed E-state index contributed by atoms with van der Waals surface area (Å²) in [5, 5.41) is 2.88. The van der Waals surface area contributed by atoms with E-state index in [2.05, 4.69) is 15.3 Å². The molecule has 0 radical (unpaired) electrons. The Morgan fingerprint density at radius 1 is 1.15 bits per heavy atom. The Balaban J connectivity index is 1.89. The number of halogens is 1. The lowest BCUT2D eigenvalue weighted by Crippen LogP contribution is -2.11. The third-order valence-electron chi connectivity index (χ3n) is 3.62. The van der Waals surface area contributed by atoms with Crippen molar-refractivity contribution >= 4 is 33.0 Å². The maximum Gasteiger partial charge on any atom is 0.257 e. The van der Waals surface area contributed by atoms with Crippen molar-refractivity contribution in [3.05, 3.63) is 59.5 Å². The summed E-state index contributed by atoms with van der Waals surface area (Å²) < 4.78 is 25.2. The van der Waals surface area contributed by atoms with Gasteiger partial charge in [-0.1, -0.05) is 11.6 Å². The van der Waals surface area contributed by atoms with E-state index in [-0.39, 0.29) is 9.92 Å². The smallest absolute Gasteiger partial charge is 0.257 e. The minimum Gasteiger partial charge on any atom is -0.347 e. The number of amides is 1. The van der Waals surface area contributed by atoms with Crippen molar-refractivity contribution in [1.82, 2.24) is 14.5 Å². The summed E-state index contributed by atoms with van der Waals surface area (Å²) in [7, 11) is -1.66. The molecule has 7 nitrogen and oxygen atoms in total. The van der Waals surface area contributed by atoms with Gasteiger partial charge >= 0.3 is 0 Å². The number of sulfone groups is 1. The number of aryl methyl sites for hydroxylation is 1. The molecule has 2 aromatic heterocycles. The Hall–Kier alpha value is -2.71. The molecule has 1 N–H and O–H groups in total. The monoisotopic (exact) mass is 390 g/mol. The second-order valence-electron chi connectivity index (χ2n) is 5.70. The fourth-order valence-electron chi connectivity index (χ4n) is 2.39. The molecule has 0 spiro atoms. The van der Waals surface area contributed by atoms with Crippen LogP contribution >= 0.6 is 11.6 Å². The molecule has 1 aromatic carbocycles. The zero-order chi connectivity index (χ0) is 18.9. The van der Waals surface area contributed by atoms with Gasteiger partial charge in [0.25, 0.3) is 5.91 Å². The summed E-state index contributed by atoms with van der Waals surface area (Å²) in [6.07, 6.45) is 5.96. The van der Waals surface area contributed by atoms with E-state index < -0.39 is 15.7 Å². The first kappa shape index (κ1) is 18.1. The first-order chi connectivity index (χ1) is 12.2. The maximum atomic E-state index is 12.5. The van der Waals surface area contributed by atoms with Gasteiger partial charge in [-0.3, -0.25) is 4.79 Å². The largest absolute Gasteiger partial charge is 0.347 e. The first-order valence-electron chi connectivity index (χ1n) is 7.50. The minimum absolute atomic E-state index is 0.0340. The number of rotatable bonds is 4. The molecule has 0 bridgehead atoms. The van der Waals surface area contributed by atoms with Gasteiger partial charge in [-0.2, -0.15) is 0 Å². The molecule has 134 valence electrons.